The molecule has 5 rings (SSSR count). The Kier molecular flexibility index (Phi) is 30.0. The van der Waals surface area contributed by atoms with E-state index in [1.165, 1.54) is 12.1 Å². The molecule has 29 heteroatoms. The molecule has 5 aromatic rings. The molecule has 63 heavy (non-hydrogen) atoms. The third-order valence-corrected chi connectivity index (χ3v) is 6.96. The van der Waals surface area contributed by atoms with Crippen molar-refractivity contribution in [2.75, 3.05) is 0 Å². The Morgan fingerprint density at radius 1 is 0.413 bits per heavy atom. The molecule has 0 spiro atoms. The summed E-state index contributed by atoms with van der Waals surface area (Å²) < 4.78 is 278. The smallest absolute Gasteiger partial charge is 1.00 e. The Labute approximate surface area is 395 Å². The first-order valence-corrected chi connectivity index (χ1v) is 15.8. The van der Waals surface area contributed by atoms with Crippen molar-refractivity contribution in [1.29, 1.82) is 0 Å². The van der Waals surface area contributed by atoms with Crippen molar-refractivity contribution in [1.82, 2.24) is 0 Å². The summed E-state index contributed by atoms with van der Waals surface area (Å²) in [5.74, 6) is -25.5. The predicted molar refractivity (Wildman–Crippen MR) is 181 cm³/mol. The summed E-state index contributed by atoms with van der Waals surface area (Å²) in [6.45, 7) is 0. The average molecular weight is 1080 g/mol. The minimum absolute atomic E-state index is 0. The van der Waals surface area contributed by atoms with Crippen LogP contribution in [0.1, 0.15) is 6.99 Å². The Balaban J connectivity index is -0.000000358. The van der Waals surface area contributed by atoms with Crippen LogP contribution in [0.5, 0.6) is 0 Å². The molecule has 0 saturated heterocycles. The van der Waals surface area contributed by atoms with Crippen LogP contribution in [0.2, 0.25) is 0 Å². The van der Waals surface area contributed by atoms with Crippen LogP contribution in [0.3, 0.4) is 0 Å². The van der Waals surface area contributed by atoms with Gasteiger partial charge in [-0.1, -0.05) is 12.1 Å². The molecule has 0 radical (unpaired) electrons. The fourth-order valence-electron chi connectivity index (χ4n) is 3.51. The van der Waals surface area contributed by atoms with Gasteiger partial charge in [0, 0.05) is 9.13 Å². The maximum atomic E-state index is 13.4. The van der Waals surface area contributed by atoms with E-state index in [0.717, 1.165) is 52.1 Å². The molecule has 0 bridgehead atoms. The molecule has 0 heterocycles. The van der Waals surface area contributed by atoms with Gasteiger partial charge in [-0.2, -0.15) is 17.6 Å². The number of hydrogen-bond acceptors (Lipinski definition) is 0. The van der Waals surface area contributed by atoms with E-state index in [0.29, 0.717) is 0 Å². The van der Waals surface area contributed by atoms with Gasteiger partial charge in [-0.15, -0.1) is 0 Å². The second kappa shape index (κ2) is 29.7. The number of benzene rings is 5. The van der Waals surface area contributed by atoms with Gasteiger partial charge in [0.05, 0.1) is 11.0 Å². The molecule has 0 aliphatic carbocycles. The number of halogens is 26. The van der Waals surface area contributed by atoms with E-state index in [4.69, 9.17) is 0 Å². The van der Waals surface area contributed by atoms with E-state index in [-0.39, 0.29) is 79.2 Å². The van der Waals surface area contributed by atoms with Crippen molar-refractivity contribution in [3.63, 3.8) is 0 Å². The van der Waals surface area contributed by atoms with Gasteiger partial charge < -0.3 is 10.8 Å². The normalized spacial score (nSPS) is 9.52. The minimum atomic E-state index is -3.76. The third-order valence-electron chi connectivity index (χ3n) is 6.24. The molecule has 0 atom stereocenters. The molecule has 0 N–H and O–H groups in total. The summed E-state index contributed by atoms with van der Waals surface area (Å²) in [6, 6.07) is 13.6. The molecule has 0 aliphatic heterocycles. The first-order valence-electron chi connectivity index (χ1n) is 14.7. The molecule has 340 valence electrons. The molecule has 0 amide bonds. The number of hydrogen-bond donors (Lipinski definition) is 0. The van der Waals surface area contributed by atoms with Crippen molar-refractivity contribution < 1.29 is 163 Å². The zero-order valence-corrected chi connectivity index (χ0v) is 35.2. The second-order valence-electron chi connectivity index (χ2n) is 10.2. The summed E-state index contributed by atoms with van der Waals surface area (Å²) in [7, 11) is -7.46. The number of rotatable bonds is 4. The van der Waals surface area contributed by atoms with Crippen molar-refractivity contribution in [3.05, 3.63) is 175 Å². The van der Waals surface area contributed by atoms with Crippen molar-refractivity contribution in [2.45, 2.75) is 0 Å². The van der Waals surface area contributed by atoms with Gasteiger partial charge in [0.1, 0.15) is 17.5 Å². The summed E-state index contributed by atoms with van der Waals surface area (Å²) in [4.78, 5) is 0. The van der Waals surface area contributed by atoms with Gasteiger partial charge in [-0.25, -0.2) is 65.9 Å². The minimum Gasteiger partial charge on any atom is -1.00 e. The standard InChI is InChI=1S/C12H4F6.C8H4F4.C6BF7.C6H4FI.C2BF5.2FH.K.H/c13-6-3-1-5(2-4-6)7-8(14)10(16)12(18)11(17)9(7)15;9-6-3-1-5(2-4-6)7(10)8(11)12;8-2-1(7(13)14)3(9)5(11)6(12)4(2)10;7-5-1-3-6(8)4-2-5;4-1(2(5)6)3(7)8;;;;/h1-4H;1-4H;;1-4H;;2*1H;;/q;;;;;;;+1;-1/p-2. The molecule has 5 aromatic carbocycles. The van der Waals surface area contributed by atoms with Gasteiger partial charge >= 0.3 is 72.0 Å². The third kappa shape index (κ3) is 19.1. The molecular formula is C34H13B2F25IK-2. The van der Waals surface area contributed by atoms with Crippen LogP contribution in [0, 0.1) is 79.2 Å². The van der Waals surface area contributed by atoms with E-state index in [1.807, 2.05) is 0 Å². The van der Waals surface area contributed by atoms with Crippen molar-refractivity contribution in [2.24, 2.45) is 0 Å². The maximum absolute atomic E-state index is 13.4. The molecule has 0 aromatic heterocycles. The van der Waals surface area contributed by atoms with Crippen LogP contribution >= 0.6 is 22.6 Å². The van der Waals surface area contributed by atoms with E-state index in [1.54, 1.807) is 12.1 Å². The van der Waals surface area contributed by atoms with E-state index < -0.39 is 119 Å². The summed E-state index contributed by atoms with van der Waals surface area (Å²) in [6.07, 6.45) is -5.36. The van der Waals surface area contributed by atoms with Crippen LogP contribution in [0.15, 0.2) is 90.7 Å². The monoisotopic (exact) mass is 1080 g/mol. The van der Waals surface area contributed by atoms with Crippen molar-refractivity contribution in [3.8, 4) is 11.1 Å². The second-order valence-corrected chi connectivity index (χ2v) is 11.4. The van der Waals surface area contributed by atoms with Gasteiger partial charge in [0.15, 0.2) is 58.2 Å². The Hall–Kier alpha value is -3.67. The summed E-state index contributed by atoms with van der Waals surface area (Å²) in [5.41, 5.74) is -6.46. The van der Waals surface area contributed by atoms with Crippen molar-refractivity contribution >= 4 is 48.4 Å². The molecule has 0 fully saturated rings. The van der Waals surface area contributed by atoms with E-state index in [2.05, 4.69) is 22.6 Å². The quantitative estimate of drug-likeness (QED) is 0.0770. The van der Waals surface area contributed by atoms with Gasteiger partial charge in [0.25, 0.3) is 6.08 Å². The van der Waals surface area contributed by atoms with Crippen LogP contribution in [-0.2, 0) is 0 Å². The fourth-order valence-corrected chi connectivity index (χ4v) is 3.87. The summed E-state index contributed by atoms with van der Waals surface area (Å²) >= 11 is 2.13. The Morgan fingerprint density at radius 2 is 0.714 bits per heavy atom. The first kappa shape index (κ1) is 63.6. The van der Waals surface area contributed by atoms with Gasteiger partial charge in [-0.3, -0.25) is 17.3 Å². The van der Waals surface area contributed by atoms with Gasteiger partial charge in [0.2, 0.25) is 11.5 Å². The molecule has 0 unspecified atom stereocenters. The van der Waals surface area contributed by atoms with Crippen LogP contribution in [0.4, 0.5) is 101 Å². The molecular weight excluding hydrogens is 1070 g/mol. The van der Waals surface area contributed by atoms with E-state index >= 15 is 0 Å². The zero-order chi connectivity index (χ0) is 46.3. The average Bonchev–Trinajstić information content (AvgIpc) is 3.20. The Bertz CT molecular complexity index is 2200. The van der Waals surface area contributed by atoms with Crippen LogP contribution < -0.4 is 66.3 Å². The maximum Gasteiger partial charge on any atom is 1.00 e. The molecule has 0 nitrogen and oxygen atoms in total. The SMILES string of the molecule is FB(F)C(F)=C(F)F.FB(F)c1c(F)c(F)c(F)c(F)c1F.FC(F)=C(F)c1ccc(F)cc1.Fc1ccc(-c2c(F)c(F)c(F)c(F)c2F)cc1.Fc1ccc(I)cc1.[F-].[F-].[H-].[K+]. The topological polar surface area (TPSA) is 0 Å². The predicted octanol–water partition coefficient (Wildman–Crippen LogP) is 5.15. The van der Waals surface area contributed by atoms with Crippen LogP contribution in [0.25, 0.3) is 17.0 Å². The molecule has 0 saturated carbocycles. The first-order chi connectivity index (χ1) is 27.8. The fraction of sp³-hybridized carbons (Fsp3) is 0. The largest absolute Gasteiger partial charge is 1.00 e. The Morgan fingerprint density at radius 3 is 0.984 bits per heavy atom. The van der Waals surface area contributed by atoms with Gasteiger partial charge in [-0.05, 0) is 88.8 Å². The molecule has 0 aliphatic rings. The zero-order valence-electron chi connectivity index (χ0n) is 30.9. The van der Waals surface area contributed by atoms with Crippen LogP contribution in [-0.4, -0.2) is 14.5 Å². The van der Waals surface area contributed by atoms with E-state index in [9.17, 15) is 101 Å². The summed E-state index contributed by atoms with van der Waals surface area (Å²) in [5, 5.41) is 0.